The largest absolute Gasteiger partial charge is 0.309 e. The lowest BCUT2D eigenvalue weighted by Crippen LogP contribution is -2.67. The molecule has 3 heterocycles. The standard InChI is InChI=1S/C52H42B2N2/c1-33-29-37(55-47-25-13-5-17-39(47)40-18-6-14-26-48(40)55)30-34(2)51(33)53-43-21-9-11-23-45(43)54(46-24-12-10-22-44(46)53)52-35(3)31-38(32-36(52)4)56-49-27-15-7-19-41(49)42-20-8-16-28-50(42)56/h5-32,43,45H,1-4H3. The number of benzene rings is 7. The molecule has 2 aromatic heterocycles. The van der Waals surface area contributed by atoms with E-state index in [9.17, 15) is 0 Å². The van der Waals surface area contributed by atoms with E-state index in [1.165, 1.54) is 99.1 Å². The molecule has 0 saturated carbocycles. The van der Waals surface area contributed by atoms with Crippen LogP contribution in [0.15, 0.2) is 170 Å². The lowest BCUT2D eigenvalue weighted by atomic mass is 9.14. The molecule has 0 fully saturated rings. The van der Waals surface area contributed by atoms with Crippen molar-refractivity contribution in [2.24, 2.45) is 0 Å². The summed E-state index contributed by atoms with van der Waals surface area (Å²) in [6, 6.07) is 54.4. The monoisotopic (exact) mass is 716 g/mol. The number of hydrogen-bond acceptors (Lipinski definition) is 0. The number of aryl methyl sites for hydroxylation is 4. The molecule has 0 amide bonds. The fourth-order valence-corrected chi connectivity index (χ4v) is 11.0. The highest BCUT2D eigenvalue weighted by Gasteiger charge is 2.47. The topological polar surface area (TPSA) is 9.86 Å². The van der Waals surface area contributed by atoms with Crippen molar-refractivity contribution in [2.75, 3.05) is 0 Å². The Balaban J connectivity index is 1.06. The molecule has 9 aromatic rings. The third kappa shape index (κ3) is 4.78. The molecule has 1 aliphatic heterocycles. The summed E-state index contributed by atoms with van der Waals surface area (Å²) in [6.45, 7) is 9.86. The molecule has 0 saturated heterocycles. The van der Waals surface area contributed by atoms with Gasteiger partial charge in [0.2, 0.25) is 13.4 Å². The van der Waals surface area contributed by atoms with E-state index in [1.807, 2.05) is 0 Å². The van der Waals surface area contributed by atoms with Gasteiger partial charge >= 0.3 is 0 Å². The van der Waals surface area contributed by atoms with Gasteiger partial charge in [-0.25, -0.2) is 0 Å². The Morgan fingerprint density at radius 1 is 0.375 bits per heavy atom. The highest BCUT2D eigenvalue weighted by atomic mass is 15.0. The van der Waals surface area contributed by atoms with Crippen LogP contribution in [0.2, 0.25) is 11.6 Å². The summed E-state index contributed by atoms with van der Waals surface area (Å²) in [7, 11) is 0. The van der Waals surface area contributed by atoms with Crippen LogP contribution in [0.3, 0.4) is 0 Å². The van der Waals surface area contributed by atoms with Gasteiger partial charge in [0, 0.05) is 32.9 Å². The molecular weight excluding hydrogens is 674 g/mol. The summed E-state index contributed by atoms with van der Waals surface area (Å²) in [6.07, 6.45) is 9.60. The highest BCUT2D eigenvalue weighted by Crippen LogP contribution is 2.40. The third-order valence-corrected chi connectivity index (χ3v) is 13.1. The number of fused-ring (bicyclic) bond motifs is 8. The second-order valence-electron chi connectivity index (χ2n) is 16.2. The van der Waals surface area contributed by atoms with Crippen LogP contribution in [0.25, 0.3) is 55.0 Å². The molecule has 0 N–H and O–H groups in total. The van der Waals surface area contributed by atoms with Crippen LogP contribution < -0.4 is 21.9 Å². The smallest absolute Gasteiger partial charge is 0.216 e. The minimum Gasteiger partial charge on any atom is -0.309 e. The van der Waals surface area contributed by atoms with E-state index in [1.54, 1.807) is 0 Å². The minimum atomic E-state index is 0.248. The number of allylic oxidation sites excluding steroid dienone is 4. The van der Waals surface area contributed by atoms with Crippen molar-refractivity contribution in [3.63, 3.8) is 0 Å². The van der Waals surface area contributed by atoms with Gasteiger partial charge in [-0.15, -0.1) is 0 Å². The van der Waals surface area contributed by atoms with Crippen LogP contribution in [0, 0.1) is 27.7 Å². The van der Waals surface area contributed by atoms with Crippen molar-refractivity contribution in [3.8, 4) is 11.4 Å². The molecule has 11 rings (SSSR count). The second kappa shape index (κ2) is 12.6. The predicted molar refractivity (Wildman–Crippen MR) is 243 cm³/mol. The van der Waals surface area contributed by atoms with E-state index in [0.29, 0.717) is 11.6 Å². The van der Waals surface area contributed by atoms with Gasteiger partial charge < -0.3 is 9.13 Å². The van der Waals surface area contributed by atoms with Crippen LogP contribution in [-0.4, -0.2) is 22.6 Å². The molecule has 7 aromatic carbocycles. The van der Waals surface area contributed by atoms with Crippen molar-refractivity contribution in [1.82, 2.24) is 9.13 Å². The van der Waals surface area contributed by atoms with Crippen molar-refractivity contribution in [2.45, 2.75) is 39.3 Å². The van der Waals surface area contributed by atoms with Gasteiger partial charge in [0.15, 0.2) is 0 Å². The first-order valence-corrected chi connectivity index (χ1v) is 20.1. The van der Waals surface area contributed by atoms with Gasteiger partial charge in [0.05, 0.1) is 22.1 Å². The van der Waals surface area contributed by atoms with E-state index >= 15 is 0 Å². The zero-order valence-electron chi connectivity index (χ0n) is 32.4. The van der Waals surface area contributed by atoms with Gasteiger partial charge in [0.25, 0.3) is 0 Å². The van der Waals surface area contributed by atoms with Gasteiger partial charge in [-0.05, 0) is 87.9 Å². The molecule has 2 aliphatic rings. The minimum absolute atomic E-state index is 0.248. The molecule has 56 heavy (non-hydrogen) atoms. The summed E-state index contributed by atoms with van der Waals surface area (Å²) < 4.78 is 4.92. The van der Waals surface area contributed by atoms with Crippen LogP contribution in [0.4, 0.5) is 0 Å². The van der Waals surface area contributed by atoms with Gasteiger partial charge in [-0.1, -0.05) is 165 Å². The van der Waals surface area contributed by atoms with E-state index in [4.69, 9.17) is 0 Å². The first-order valence-electron chi connectivity index (χ1n) is 20.1. The summed E-state index contributed by atoms with van der Waals surface area (Å²) >= 11 is 0. The average Bonchev–Trinajstić information content (AvgIpc) is 3.74. The molecule has 266 valence electrons. The number of aromatic nitrogens is 2. The van der Waals surface area contributed by atoms with Crippen LogP contribution in [0.1, 0.15) is 22.3 Å². The number of rotatable bonds is 4. The molecule has 1 aliphatic carbocycles. The Hall–Kier alpha value is -6.25. The molecule has 2 nitrogen and oxygen atoms in total. The zero-order valence-corrected chi connectivity index (χ0v) is 32.4. The molecule has 0 spiro atoms. The Bertz CT molecular complexity index is 2760. The summed E-state index contributed by atoms with van der Waals surface area (Å²) in [5.41, 5.74) is 18.7. The Morgan fingerprint density at radius 2 is 0.661 bits per heavy atom. The predicted octanol–water partition coefficient (Wildman–Crippen LogP) is 10.2. The lowest BCUT2D eigenvalue weighted by molar-refractivity contribution is 0.978. The molecular formula is C52H42B2N2. The quantitative estimate of drug-likeness (QED) is 0.161. The van der Waals surface area contributed by atoms with E-state index in [2.05, 4.69) is 207 Å². The summed E-state index contributed by atoms with van der Waals surface area (Å²) in [4.78, 5) is 0. The van der Waals surface area contributed by atoms with Crippen LogP contribution in [-0.2, 0) is 0 Å². The molecule has 0 radical (unpaired) electrons. The van der Waals surface area contributed by atoms with E-state index in [0.717, 1.165) is 0 Å². The SMILES string of the molecule is Cc1cc(-n2c3ccccc3c3ccccc32)cc(C)c1B1c2ccccc2B(c2c(C)cc(-n3c4ccccc4c4ccccc43)cc2C)C2C=CC=CC12. The summed E-state index contributed by atoms with van der Waals surface area (Å²) in [5.74, 6) is 0.652. The maximum Gasteiger partial charge on any atom is 0.216 e. The van der Waals surface area contributed by atoms with Crippen LogP contribution >= 0.6 is 0 Å². The van der Waals surface area contributed by atoms with Crippen molar-refractivity contribution in [3.05, 3.63) is 192 Å². The fourth-order valence-electron chi connectivity index (χ4n) is 11.0. The van der Waals surface area contributed by atoms with Crippen molar-refractivity contribution >= 4 is 78.9 Å². The van der Waals surface area contributed by atoms with Gasteiger partial charge in [-0.2, -0.15) is 0 Å². The average molecular weight is 717 g/mol. The van der Waals surface area contributed by atoms with E-state index in [-0.39, 0.29) is 13.4 Å². The Morgan fingerprint density at radius 3 is 0.982 bits per heavy atom. The van der Waals surface area contributed by atoms with Crippen LogP contribution in [0.5, 0.6) is 0 Å². The fraction of sp³-hybridized carbons (Fsp3) is 0.115. The first-order chi connectivity index (χ1) is 27.5. The maximum atomic E-state index is 2.51. The van der Waals surface area contributed by atoms with E-state index < -0.39 is 0 Å². The number of para-hydroxylation sites is 4. The zero-order chi connectivity index (χ0) is 37.7. The van der Waals surface area contributed by atoms with Gasteiger partial charge in [0.1, 0.15) is 0 Å². The van der Waals surface area contributed by atoms with Crippen molar-refractivity contribution in [1.29, 1.82) is 0 Å². The molecule has 2 atom stereocenters. The number of hydrogen-bond donors (Lipinski definition) is 0. The third-order valence-electron chi connectivity index (χ3n) is 13.1. The van der Waals surface area contributed by atoms with Gasteiger partial charge in [-0.3, -0.25) is 0 Å². The number of nitrogens with zero attached hydrogens (tertiary/aromatic N) is 2. The maximum absolute atomic E-state index is 2.51. The normalized spacial score (nSPS) is 16.4. The Kier molecular flexibility index (Phi) is 7.48. The second-order valence-corrected chi connectivity index (χ2v) is 16.2. The highest BCUT2D eigenvalue weighted by molar-refractivity contribution is 7.01. The summed E-state index contributed by atoms with van der Waals surface area (Å²) in [5, 5.41) is 5.19. The lowest BCUT2D eigenvalue weighted by Gasteiger charge is -2.42. The molecule has 0 bridgehead atoms. The molecule has 2 unspecified atom stereocenters. The Labute approximate surface area is 329 Å². The molecule has 4 heteroatoms. The van der Waals surface area contributed by atoms with Crippen molar-refractivity contribution < 1.29 is 0 Å². The first kappa shape index (κ1) is 33.1.